The van der Waals surface area contributed by atoms with Gasteiger partial charge in [0.1, 0.15) is 17.6 Å². The van der Waals surface area contributed by atoms with Gasteiger partial charge in [-0.25, -0.2) is 9.97 Å². The summed E-state index contributed by atoms with van der Waals surface area (Å²) in [5, 5.41) is 14.0. The number of nitrogens with one attached hydrogen (secondary N) is 1. The number of H-pyrrole nitrogens is 1. The normalized spacial score (nSPS) is 11.1. The fraction of sp³-hybridized carbons (Fsp3) is 0. The summed E-state index contributed by atoms with van der Waals surface area (Å²) in [6, 6.07) is 11.6. The molecule has 124 valence electrons. The molecule has 0 saturated heterocycles. The smallest absolute Gasteiger partial charge is 0.204 e. The van der Waals surface area contributed by atoms with Crippen molar-refractivity contribution in [2.45, 2.75) is 0 Å². The average Bonchev–Trinajstić information content (AvgIpc) is 3.38. The molecule has 0 amide bonds. The number of fused-ring (bicyclic) bond motifs is 1. The number of hydrogen-bond acceptors (Lipinski definition) is 7. The molecule has 5 aromatic rings. The van der Waals surface area contributed by atoms with Crippen LogP contribution >= 0.6 is 0 Å². The first-order valence-corrected chi connectivity index (χ1v) is 7.87. The highest BCUT2D eigenvalue weighted by Crippen LogP contribution is 2.33. The zero-order valence-corrected chi connectivity index (χ0v) is 13.4. The summed E-state index contributed by atoms with van der Waals surface area (Å²) in [6.45, 7) is 0. The Hall–Kier alpha value is -3.94. The Morgan fingerprint density at radius 3 is 2.46 bits per heavy atom. The summed E-state index contributed by atoms with van der Waals surface area (Å²) in [4.78, 5) is 12.6. The van der Waals surface area contributed by atoms with Crippen LogP contribution in [0.3, 0.4) is 0 Å². The molecule has 0 aliphatic heterocycles. The molecule has 0 unspecified atom stereocenters. The number of aromatic amines is 1. The molecule has 4 heterocycles. The van der Waals surface area contributed by atoms with Gasteiger partial charge in [0.2, 0.25) is 5.82 Å². The van der Waals surface area contributed by atoms with E-state index in [1.54, 1.807) is 18.6 Å². The van der Waals surface area contributed by atoms with E-state index in [9.17, 15) is 0 Å². The zero-order chi connectivity index (χ0) is 17.3. The fourth-order valence-corrected chi connectivity index (χ4v) is 2.81. The molecule has 0 bridgehead atoms. The summed E-state index contributed by atoms with van der Waals surface area (Å²) in [6.07, 6.45) is 6.76. The Kier molecular flexibility index (Phi) is 3.24. The number of furan rings is 1. The summed E-state index contributed by atoms with van der Waals surface area (Å²) in [5.41, 5.74) is 5.09. The van der Waals surface area contributed by atoms with Gasteiger partial charge in [-0.15, -0.1) is 10.2 Å². The average molecular weight is 341 g/mol. The predicted molar refractivity (Wildman–Crippen MR) is 93.6 cm³/mol. The van der Waals surface area contributed by atoms with E-state index >= 15 is 0 Å². The Labute approximate surface area is 147 Å². The molecule has 0 aliphatic rings. The molecule has 5 rings (SSSR count). The second-order valence-electron chi connectivity index (χ2n) is 5.62. The van der Waals surface area contributed by atoms with Crippen molar-refractivity contribution in [1.82, 2.24) is 35.6 Å². The van der Waals surface area contributed by atoms with E-state index in [1.807, 2.05) is 36.4 Å². The lowest BCUT2D eigenvalue weighted by molar-refractivity contribution is 0.632. The minimum atomic E-state index is 0.550. The van der Waals surface area contributed by atoms with E-state index in [1.165, 1.54) is 6.33 Å². The number of tetrazole rings is 1. The topological polar surface area (TPSA) is 106 Å². The maximum absolute atomic E-state index is 6.10. The van der Waals surface area contributed by atoms with Crippen molar-refractivity contribution in [3.8, 4) is 33.8 Å². The molecule has 0 atom stereocenters. The van der Waals surface area contributed by atoms with Crippen molar-refractivity contribution < 1.29 is 4.42 Å². The first kappa shape index (κ1) is 14.4. The Morgan fingerprint density at radius 2 is 1.69 bits per heavy atom. The number of aromatic nitrogens is 7. The molecule has 8 heteroatoms. The molecule has 1 aromatic carbocycles. The molecule has 4 aromatic heterocycles. The van der Waals surface area contributed by atoms with Crippen LogP contribution in [0.5, 0.6) is 0 Å². The van der Waals surface area contributed by atoms with Gasteiger partial charge in [-0.05, 0) is 11.3 Å². The van der Waals surface area contributed by atoms with Crippen LogP contribution in [-0.2, 0) is 0 Å². The van der Waals surface area contributed by atoms with E-state index in [-0.39, 0.29) is 0 Å². The molecular weight excluding hydrogens is 330 g/mol. The third-order valence-corrected chi connectivity index (χ3v) is 4.06. The van der Waals surface area contributed by atoms with Crippen LogP contribution in [-0.4, -0.2) is 35.6 Å². The van der Waals surface area contributed by atoms with E-state index in [4.69, 9.17) is 4.42 Å². The molecule has 26 heavy (non-hydrogen) atoms. The van der Waals surface area contributed by atoms with Crippen molar-refractivity contribution in [3.05, 3.63) is 61.3 Å². The van der Waals surface area contributed by atoms with Gasteiger partial charge in [0.15, 0.2) is 5.58 Å². The fourth-order valence-electron chi connectivity index (χ4n) is 2.81. The van der Waals surface area contributed by atoms with Crippen LogP contribution in [0, 0.1) is 0 Å². The van der Waals surface area contributed by atoms with Gasteiger partial charge < -0.3 is 4.42 Å². The van der Waals surface area contributed by atoms with E-state index in [0.29, 0.717) is 11.4 Å². The van der Waals surface area contributed by atoms with Gasteiger partial charge in [-0.1, -0.05) is 24.3 Å². The highest BCUT2D eigenvalue weighted by atomic mass is 16.3. The van der Waals surface area contributed by atoms with E-state index in [2.05, 4.69) is 35.6 Å². The van der Waals surface area contributed by atoms with Gasteiger partial charge >= 0.3 is 0 Å². The number of hydrogen-bond donors (Lipinski definition) is 1. The van der Waals surface area contributed by atoms with Crippen LogP contribution in [0.2, 0.25) is 0 Å². The standard InChI is InChI=1S/C18H11N7O/c1-3-12(18-22-24-25-23-18)4-2-11(1)16-7-15-17(26-16)14(5-6-21-15)13-8-19-10-20-9-13/h1-10H,(H,22,23,24,25). The maximum Gasteiger partial charge on any atom is 0.204 e. The number of nitrogens with zero attached hydrogens (tertiary/aromatic N) is 6. The minimum absolute atomic E-state index is 0.550. The third kappa shape index (κ3) is 2.40. The number of benzene rings is 1. The van der Waals surface area contributed by atoms with Crippen molar-refractivity contribution in [1.29, 1.82) is 0 Å². The van der Waals surface area contributed by atoms with Crippen molar-refractivity contribution in [3.63, 3.8) is 0 Å². The lowest BCUT2D eigenvalue weighted by atomic mass is 10.1. The molecule has 0 aliphatic carbocycles. The Morgan fingerprint density at radius 1 is 0.885 bits per heavy atom. The van der Waals surface area contributed by atoms with Crippen molar-refractivity contribution >= 4 is 11.1 Å². The summed E-state index contributed by atoms with van der Waals surface area (Å²) < 4.78 is 6.10. The Bertz CT molecular complexity index is 1170. The van der Waals surface area contributed by atoms with Crippen LogP contribution in [0.1, 0.15) is 0 Å². The lowest BCUT2D eigenvalue weighted by Gasteiger charge is -2.01. The van der Waals surface area contributed by atoms with Gasteiger partial charge in [0.05, 0.1) is 0 Å². The molecule has 1 N–H and O–H groups in total. The lowest BCUT2D eigenvalue weighted by Crippen LogP contribution is -1.83. The molecule has 0 radical (unpaired) electrons. The second-order valence-corrected chi connectivity index (χ2v) is 5.62. The van der Waals surface area contributed by atoms with Gasteiger partial charge in [0, 0.05) is 46.9 Å². The van der Waals surface area contributed by atoms with Crippen LogP contribution in [0.4, 0.5) is 0 Å². The monoisotopic (exact) mass is 341 g/mol. The highest BCUT2D eigenvalue weighted by Gasteiger charge is 2.13. The van der Waals surface area contributed by atoms with Crippen LogP contribution < -0.4 is 0 Å². The second kappa shape index (κ2) is 5.85. The predicted octanol–water partition coefficient (Wildman–Crippen LogP) is 3.13. The SMILES string of the molecule is c1ncc(-c2ccnc3cc(-c4ccc(-c5nn[nH]n5)cc4)oc23)cn1. The van der Waals surface area contributed by atoms with Crippen LogP contribution in [0.25, 0.3) is 44.9 Å². The zero-order valence-electron chi connectivity index (χ0n) is 13.4. The molecule has 0 spiro atoms. The molecular formula is C18H11N7O. The van der Waals surface area contributed by atoms with Gasteiger partial charge in [-0.2, -0.15) is 5.21 Å². The van der Waals surface area contributed by atoms with Gasteiger partial charge in [-0.3, -0.25) is 4.98 Å². The van der Waals surface area contributed by atoms with Crippen molar-refractivity contribution in [2.75, 3.05) is 0 Å². The maximum atomic E-state index is 6.10. The van der Waals surface area contributed by atoms with Crippen LogP contribution in [0.15, 0.2) is 65.7 Å². The van der Waals surface area contributed by atoms with Gasteiger partial charge in [0.25, 0.3) is 0 Å². The number of pyridine rings is 1. The largest absolute Gasteiger partial charge is 0.454 e. The highest BCUT2D eigenvalue weighted by molar-refractivity contribution is 5.92. The number of rotatable bonds is 3. The quantitative estimate of drug-likeness (QED) is 0.537. The van der Waals surface area contributed by atoms with Crippen molar-refractivity contribution in [2.24, 2.45) is 0 Å². The first-order valence-electron chi connectivity index (χ1n) is 7.87. The minimum Gasteiger partial charge on any atom is -0.454 e. The third-order valence-electron chi connectivity index (χ3n) is 4.06. The van der Waals surface area contributed by atoms with E-state index < -0.39 is 0 Å². The summed E-state index contributed by atoms with van der Waals surface area (Å²) in [7, 11) is 0. The summed E-state index contributed by atoms with van der Waals surface area (Å²) in [5.74, 6) is 1.28. The molecule has 0 fully saturated rings. The Balaban J connectivity index is 1.58. The first-order chi connectivity index (χ1) is 12.9. The molecule has 0 saturated carbocycles. The summed E-state index contributed by atoms with van der Waals surface area (Å²) >= 11 is 0. The molecule has 8 nitrogen and oxygen atoms in total. The van der Waals surface area contributed by atoms with E-state index in [0.717, 1.165) is 33.5 Å².